The number of ether oxygens (including phenoxy) is 1. The van der Waals surface area contributed by atoms with Gasteiger partial charge in [-0.3, -0.25) is 0 Å². The monoisotopic (exact) mass is 211 g/mol. The molecule has 0 amide bonds. The maximum atomic E-state index is 5.26. The zero-order valence-electron chi connectivity index (χ0n) is 8.96. The number of nitrogens with one attached hydrogen (secondary N) is 1. The molecule has 1 aromatic carbocycles. The fourth-order valence-electron chi connectivity index (χ4n) is 1.31. The van der Waals surface area contributed by atoms with Crippen LogP contribution >= 0.6 is 11.8 Å². The number of thioether (sulfide) groups is 1. The lowest BCUT2D eigenvalue weighted by Crippen LogP contribution is -2.10. The zero-order chi connectivity index (χ0) is 10.4. The Labute approximate surface area is 90.0 Å². The van der Waals surface area contributed by atoms with Gasteiger partial charge in [0.25, 0.3) is 0 Å². The van der Waals surface area contributed by atoms with Crippen molar-refractivity contribution in [2.45, 2.75) is 11.3 Å². The molecule has 0 aromatic heterocycles. The Hall–Kier alpha value is -0.670. The fourth-order valence-corrected chi connectivity index (χ4v) is 1.93. The molecule has 78 valence electrons. The largest absolute Gasteiger partial charge is 0.496 e. The van der Waals surface area contributed by atoms with Crippen LogP contribution in [0.1, 0.15) is 5.56 Å². The number of methoxy groups -OCH3 is 1. The summed E-state index contributed by atoms with van der Waals surface area (Å²) >= 11 is 1.72. The van der Waals surface area contributed by atoms with Gasteiger partial charge in [-0.2, -0.15) is 0 Å². The van der Waals surface area contributed by atoms with Gasteiger partial charge in [0.15, 0.2) is 0 Å². The van der Waals surface area contributed by atoms with Crippen LogP contribution < -0.4 is 10.1 Å². The van der Waals surface area contributed by atoms with E-state index in [1.54, 1.807) is 18.9 Å². The van der Waals surface area contributed by atoms with Crippen molar-refractivity contribution in [2.75, 3.05) is 27.0 Å². The standard InChI is InChI=1S/C11H17NOS/c1-12-7-6-9-4-5-10(13-2)11(8-9)14-3/h4-5,8,12H,6-7H2,1-3H3. The van der Waals surface area contributed by atoms with Crippen molar-refractivity contribution in [3.8, 4) is 5.75 Å². The SMILES string of the molecule is CNCCc1ccc(OC)c(SC)c1. The Bertz CT molecular complexity index is 289. The van der Waals surface area contributed by atoms with Gasteiger partial charge in [0.1, 0.15) is 5.75 Å². The predicted molar refractivity (Wildman–Crippen MR) is 62.4 cm³/mol. The summed E-state index contributed by atoms with van der Waals surface area (Å²) in [6.07, 6.45) is 3.13. The molecular formula is C11H17NOS. The molecule has 0 heterocycles. The van der Waals surface area contributed by atoms with E-state index in [0.29, 0.717) is 0 Å². The summed E-state index contributed by atoms with van der Waals surface area (Å²) in [5, 5.41) is 3.14. The van der Waals surface area contributed by atoms with E-state index in [0.717, 1.165) is 18.7 Å². The van der Waals surface area contributed by atoms with E-state index in [1.165, 1.54) is 10.5 Å². The van der Waals surface area contributed by atoms with Crippen molar-refractivity contribution in [3.05, 3.63) is 23.8 Å². The second kappa shape index (κ2) is 5.94. The van der Waals surface area contributed by atoms with Crippen LogP contribution in [0.25, 0.3) is 0 Å². The first-order chi connectivity index (χ1) is 6.81. The summed E-state index contributed by atoms with van der Waals surface area (Å²) < 4.78 is 5.26. The molecule has 0 radical (unpaired) electrons. The van der Waals surface area contributed by atoms with E-state index in [1.807, 2.05) is 13.1 Å². The normalized spacial score (nSPS) is 10.2. The van der Waals surface area contributed by atoms with E-state index in [2.05, 4.69) is 23.7 Å². The Balaban J connectivity index is 2.79. The van der Waals surface area contributed by atoms with Gasteiger partial charge in [-0.15, -0.1) is 11.8 Å². The highest BCUT2D eigenvalue weighted by Crippen LogP contribution is 2.28. The van der Waals surface area contributed by atoms with Gasteiger partial charge < -0.3 is 10.1 Å². The number of hydrogen-bond donors (Lipinski definition) is 1. The minimum absolute atomic E-state index is 0.964. The number of benzene rings is 1. The van der Waals surface area contributed by atoms with Crippen LogP contribution in [0.15, 0.2) is 23.1 Å². The molecule has 1 aromatic rings. The average molecular weight is 211 g/mol. The van der Waals surface area contributed by atoms with Gasteiger partial charge >= 0.3 is 0 Å². The lowest BCUT2D eigenvalue weighted by atomic mass is 10.1. The third kappa shape index (κ3) is 2.93. The first-order valence-electron chi connectivity index (χ1n) is 4.67. The molecule has 0 aliphatic carbocycles. The van der Waals surface area contributed by atoms with Crippen LogP contribution in [0.5, 0.6) is 5.75 Å². The number of hydrogen-bond acceptors (Lipinski definition) is 3. The van der Waals surface area contributed by atoms with Crippen molar-refractivity contribution >= 4 is 11.8 Å². The third-order valence-corrected chi connectivity index (χ3v) is 2.87. The molecule has 1 rings (SSSR count). The lowest BCUT2D eigenvalue weighted by Gasteiger charge is -2.08. The molecule has 2 nitrogen and oxygen atoms in total. The van der Waals surface area contributed by atoms with Gasteiger partial charge in [-0.1, -0.05) is 6.07 Å². The van der Waals surface area contributed by atoms with Crippen LogP contribution in [-0.4, -0.2) is 27.0 Å². The molecule has 0 bridgehead atoms. The molecule has 3 heteroatoms. The summed E-state index contributed by atoms with van der Waals surface area (Å²) in [6.45, 7) is 1.01. The molecule has 0 aliphatic rings. The van der Waals surface area contributed by atoms with Crippen LogP contribution in [0.4, 0.5) is 0 Å². The summed E-state index contributed by atoms with van der Waals surface area (Å²) in [5.41, 5.74) is 1.35. The fraction of sp³-hybridized carbons (Fsp3) is 0.455. The van der Waals surface area contributed by atoms with Gasteiger partial charge in [0.2, 0.25) is 0 Å². The molecule has 0 unspecified atom stereocenters. The summed E-state index contributed by atoms with van der Waals surface area (Å²) in [5.74, 6) is 0.964. The van der Waals surface area contributed by atoms with Crippen molar-refractivity contribution in [1.82, 2.24) is 5.32 Å². The van der Waals surface area contributed by atoms with Crippen molar-refractivity contribution in [1.29, 1.82) is 0 Å². The molecule has 0 atom stereocenters. The zero-order valence-corrected chi connectivity index (χ0v) is 9.78. The first kappa shape index (κ1) is 11.4. The van der Waals surface area contributed by atoms with Gasteiger partial charge in [0, 0.05) is 4.90 Å². The minimum Gasteiger partial charge on any atom is -0.496 e. The molecule has 0 aliphatic heterocycles. The smallest absolute Gasteiger partial charge is 0.132 e. The van der Waals surface area contributed by atoms with Crippen LogP contribution in [0.3, 0.4) is 0 Å². The molecule has 14 heavy (non-hydrogen) atoms. The molecule has 0 saturated carbocycles. The molecule has 0 fully saturated rings. The maximum absolute atomic E-state index is 5.26. The summed E-state index contributed by atoms with van der Waals surface area (Å²) in [4.78, 5) is 1.21. The maximum Gasteiger partial charge on any atom is 0.132 e. The van der Waals surface area contributed by atoms with Crippen molar-refractivity contribution < 1.29 is 4.74 Å². The first-order valence-corrected chi connectivity index (χ1v) is 5.89. The third-order valence-electron chi connectivity index (χ3n) is 2.11. The van der Waals surface area contributed by atoms with E-state index in [4.69, 9.17) is 4.74 Å². The van der Waals surface area contributed by atoms with E-state index in [9.17, 15) is 0 Å². The molecule has 0 spiro atoms. The second-order valence-electron chi connectivity index (χ2n) is 3.04. The number of rotatable bonds is 5. The highest BCUT2D eigenvalue weighted by molar-refractivity contribution is 7.98. The highest BCUT2D eigenvalue weighted by Gasteiger charge is 2.02. The average Bonchev–Trinajstić information content (AvgIpc) is 2.25. The van der Waals surface area contributed by atoms with Gasteiger partial charge in [0.05, 0.1) is 7.11 Å². The van der Waals surface area contributed by atoms with E-state index >= 15 is 0 Å². The van der Waals surface area contributed by atoms with Crippen LogP contribution in [0.2, 0.25) is 0 Å². The van der Waals surface area contributed by atoms with Gasteiger partial charge in [-0.05, 0) is 44.0 Å². The summed E-state index contributed by atoms with van der Waals surface area (Å²) in [6, 6.07) is 6.35. The predicted octanol–water partition coefficient (Wildman–Crippen LogP) is 2.18. The lowest BCUT2D eigenvalue weighted by molar-refractivity contribution is 0.404. The number of likely N-dealkylation sites (N-methyl/N-ethyl adjacent to an activating group) is 1. The Morgan fingerprint density at radius 3 is 2.79 bits per heavy atom. The van der Waals surface area contributed by atoms with Crippen LogP contribution in [0, 0.1) is 0 Å². The molecule has 1 N–H and O–H groups in total. The van der Waals surface area contributed by atoms with E-state index < -0.39 is 0 Å². The quantitative estimate of drug-likeness (QED) is 0.754. The topological polar surface area (TPSA) is 21.3 Å². The van der Waals surface area contributed by atoms with Crippen LogP contribution in [-0.2, 0) is 6.42 Å². The van der Waals surface area contributed by atoms with Crippen molar-refractivity contribution in [3.63, 3.8) is 0 Å². The highest BCUT2D eigenvalue weighted by atomic mass is 32.2. The Morgan fingerprint density at radius 2 is 2.21 bits per heavy atom. The molecular weight excluding hydrogens is 194 g/mol. The van der Waals surface area contributed by atoms with Gasteiger partial charge in [-0.25, -0.2) is 0 Å². The Morgan fingerprint density at radius 1 is 1.43 bits per heavy atom. The molecule has 0 saturated heterocycles. The Kier molecular flexibility index (Phi) is 4.84. The second-order valence-corrected chi connectivity index (χ2v) is 3.89. The minimum atomic E-state index is 0.964. The summed E-state index contributed by atoms with van der Waals surface area (Å²) in [7, 11) is 3.68. The van der Waals surface area contributed by atoms with Crippen molar-refractivity contribution in [2.24, 2.45) is 0 Å². The van der Waals surface area contributed by atoms with E-state index in [-0.39, 0.29) is 0 Å².